The van der Waals surface area contributed by atoms with Gasteiger partial charge in [-0.25, -0.2) is 4.98 Å². The number of aryl methyl sites for hydroxylation is 1. The molecule has 0 saturated carbocycles. The van der Waals surface area contributed by atoms with E-state index >= 15 is 0 Å². The molecule has 0 fully saturated rings. The molecule has 2 heterocycles. The van der Waals surface area contributed by atoms with Crippen LogP contribution in [0.5, 0.6) is 0 Å². The van der Waals surface area contributed by atoms with Crippen molar-refractivity contribution in [3.05, 3.63) is 12.0 Å². The van der Waals surface area contributed by atoms with E-state index in [1.807, 2.05) is 13.4 Å². The van der Waals surface area contributed by atoms with E-state index in [4.69, 9.17) is 0 Å². The third kappa shape index (κ3) is 0.701. The molecule has 0 unspecified atom stereocenters. The van der Waals surface area contributed by atoms with Gasteiger partial charge >= 0.3 is 0 Å². The lowest BCUT2D eigenvalue weighted by atomic mass is 10.2. The Labute approximate surface area is 60.1 Å². The summed E-state index contributed by atoms with van der Waals surface area (Å²) in [6.45, 7) is 1.07. The fourth-order valence-electron chi connectivity index (χ4n) is 1.36. The van der Waals surface area contributed by atoms with Crippen LogP contribution in [0.2, 0.25) is 0 Å². The minimum Gasteiger partial charge on any atom is -0.369 e. The molecule has 3 nitrogen and oxygen atoms in total. The summed E-state index contributed by atoms with van der Waals surface area (Å²) in [5.41, 5.74) is 1.34. The molecule has 1 aromatic heterocycles. The van der Waals surface area contributed by atoms with Crippen LogP contribution in [0.1, 0.15) is 12.1 Å². The van der Waals surface area contributed by atoms with Crippen LogP contribution in [0, 0.1) is 0 Å². The molecule has 0 saturated heterocycles. The summed E-state index contributed by atoms with van der Waals surface area (Å²) in [5.74, 6) is 1.08. The van der Waals surface area contributed by atoms with Crippen molar-refractivity contribution in [3.63, 3.8) is 0 Å². The van der Waals surface area contributed by atoms with E-state index in [0.717, 1.165) is 12.4 Å². The number of hydrogen-bond acceptors (Lipinski definition) is 2. The van der Waals surface area contributed by atoms with Gasteiger partial charge in [0.25, 0.3) is 0 Å². The quantitative estimate of drug-likeness (QED) is 0.572. The molecule has 0 bridgehead atoms. The molecule has 0 atom stereocenters. The van der Waals surface area contributed by atoms with Crippen molar-refractivity contribution in [1.82, 2.24) is 9.55 Å². The lowest BCUT2D eigenvalue weighted by Crippen LogP contribution is -2.12. The van der Waals surface area contributed by atoms with Crippen molar-refractivity contribution in [2.75, 3.05) is 11.9 Å². The van der Waals surface area contributed by atoms with E-state index in [-0.39, 0.29) is 0 Å². The van der Waals surface area contributed by atoms with Crippen molar-refractivity contribution >= 4 is 5.82 Å². The first-order chi connectivity index (χ1) is 4.88. The van der Waals surface area contributed by atoms with Gasteiger partial charge in [-0.1, -0.05) is 0 Å². The number of nitrogens with zero attached hydrogens (tertiary/aromatic N) is 2. The van der Waals surface area contributed by atoms with Gasteiger partial charge in [0.15, 0.2) is 0 Å². The molecule has 0 spiro atoms. The number of nitrogens with one attached hydrogen (secondary N) is 1. The van der Waals surface area contributed by atoms with Crippen LogP contribution < -0.4 is 5.32 Å². The van der Waals surface area contributed by atoms with Crippen molar-refractivity contribution in [2.45, 2.75) is 12.8 Å². The minimum atomic E-state index is 1.07. The second kappa shape index (κ2) is 2.01. The zero-order valence-corrected chi connectivity index (χ0v) is 6.09. The first-order valence-electron chi connectivity index (χ1n) is 3.62. The number of rotatable bonds is 0. The Balaban J connectivity index is 2.45. The van der Waals surface area contributed by atoms with Gasteiger partial charge in [0.2, 0.25) is 0 Å². The lowest BCUT2D eigenvalue weighted by molar-refractivity contribution is 0.746. The van der Waals surface area contributed by atoms with Crippen molar-refractivity contribution < 1.29 is 0 Å². The zero-order chi connectivity index (χ0) is 6.97. The Morgan fingerprint density at radius 1 is 1.70 bits per heavy atom. The van der Waals surface area contributed by atoms with Crippen molar-refractivity contribution in [1.29, 1.82) is 0 Å². The van der Waals surface area contributed by atoms with Gasteiger partial charge in [-0.15, -0.1) is 0 Å². The third-order valence-electron chi connectivity index (χ3n) is 1.94. The summed E-state index contributed by atoms with van der Waals surface area (Å²) < 4.78 is 2.08. The first-order valence-corrected chi connectivity index (χ1v) is 3.62. The number of hydrogen-bond donors (Lipinski definition) is 1. The Hall–Kier alpha value is -0.990. The highest BCUT2D eigenvalue weighted by Crippen LogP contribution is 2.17. The number of aromatic nitrogens is 2. The predicted octanol–water partition coefficient (Wildman–Crippen LogP) is 0.778. The molecule has 0 radical (unpaired) electrons. The molecule has 3 heteroatoms. The Kier molecular flexibility index (Phi) is 1.16. The fraction of sp³-hybridized carbons (Fsp3) is 0.571. The maximum Gasteiger partial charge on any atom is 0.147 e. The Morgan fingerprint density at radius 3 is 3.40 bits per heavy atom. The van der Waals surface area contributed by atoms with Crippen LogP contribution >= 0.6 is 0 Å². The molecule has 1 aliphatic rings. The third-order valence-corrected chi connectivity index (χ3v) is 1.94. The largest absolute Gasteiger partial charge is 0.369 e. The highest BCUT2D eigenvalue weighted by Gasteiger charge is 2.11. The van der Waals surface area contributed by atoms with Crippen molar-refractivity contribution in [2.24, 2.45) is 7.05 Å². The molecule has 10 heavy (non-hydrogen) atoms. The van der Waals surface area contributed by atoms with E-state index in [1.165, 1.54) is 18.5 Å². The SMILES string of the molecule is Cn1cnc2c1CCCN2. The number of fused-ring (bicyclic) bond motifs is 1. The average molecular weight is 137 g/mol. The molecule has 54 valence electrons. The van der Waals surface area contributed by atoms with Crippen LogP contribution in [-0.2, 0) is 13.5 Å². The maximum atomic E-state index is 4.21. The first kappa shape index (κ1) is 5.77. The van der Waals surface area contributed by atoms with Gasteiger partial charge in [0.1, 0.15) is 5.82 Å². The lowest BCUT2D eigenvalue weighted by Gasteiger charge is -2.12. The molecular weight excluding hydrogens is 126 g/mol. The molecule has 0 aliphatic carbocycles. The van der Waals surface area contributed by atoms with E-state index in [2.05, 4.69) is 14.9 Å². The molecular formula is C7H11N3. The van der Waals surface area contributed by atoms with Gasteiger partial charge in [0.05, 0.1) is 12.0 Å². The minimum absolute atomic E-state index is 1.07. The summed E-state index contributed by atoms with van der Waals surface area (Å²) in [6, 6.07) is 0. The molecule has 1 aliphatic heterocycles. The molecule has 1 aromatic rings. The summed E-state index contributed by atoms with van der Waals surface area (Å²) in [7, 11) is 2.04. The molecule has 0 amide bonds. The summed E-state index contributed by atoms with van der Waals surface area (Å²) in [4.78, 5) is 4.21. The number of anilines is 1. The van der Waals surface area contributed by atoms with Crippen LogP contribution in [-0.4, -0.2) is 16.1 Å². The van der Waals surface area contributed by atoms with Crippen LogP contribution in [0.15, 0.2) is 6.33 Å². The van der Waals surface area contributed by atoms with E-state index in [0.29, 0.717) is 0 Å². The zero-order valence-electron chi connectivity index (χ0n) is 6.09. The topological polar surface area (TPSA) is 29.9 Å². The fourth-order valence-corrected chi connectivity index (χ4v) is 1.36. The summed E-state index contributed by atoms with van der Waals surface area (Å²) in [5, 5.41) is 3.25. The highest BCUT2D eigenvalue weighted by molar-refractivity contribution is 5.42. The van der Waals surface area contributed by atoms with Gasteiger partial charge in [0, 0.05) is 13.6 Å². The van der Waals surface area contributed by atoms with Crippen LogP contribution in [0.3, 0.4) is 0 Å². The van der Waals surface area contributed by atoms with E-state index < -0.39 is 0 Å². The standard InChI is InChI=1S/C7H11N3/c1-10-5-9-7-6(10)3-2-4-8-7/h5,8H,2-4H2,1H3. The Morgan fingerprint density at radius 2 is 2.60 bits per heavy atom. The molecule has 2 rings (SSSR count). The van der Waals surface area contributed by atoms with Crippen molar-refractivity contribution in [3.8, 4) is 0 Å². The smallest absolute Gasteiger partial charge is 0.147 e. The van der Waals surface area contributed by atoms with Gasteiger partial charge in [-0.2, -0.15) is 0 Å². The van der Waals surface area contributed by atoms with Crippen LogP contribution in [0.25, 0.3) is 0 Å². The van der Waals surface area contributed by atoms with E-state index in [9.17, 15) is 0 Å². The second-order valence-corrected chi connectivity index (χ2v) is 2.68. The van der Waals surface area contributed by atoms with Gasteiger partial charge in [-0.3, -0.25) is 0 Å². The maximum absolute atomic E-state index is 4.21. The predicted molar refractivity (Wildman–Crippen MR) is 40.0 cm³/mol. The monoisotopic (exact) mass is 137 g/mol. The molecule has 0 aromatic carbocycles. The van der Waals surface area contributed by atoms with Gasteiger partial charge in [-0.05, 0) is 12.8 Å². The summed E-state index contributed by atoms with van der Waals surface area (Å²) >= 11 is 0. The Bertz CT molecular complexity index is 239. The van der Waals surface area contributed by atoms with Crippen LogP contribution in [0.4, 0.5) is 5.82 Å². The average Bonchev–Trinajstić information content (AvgIpc) is 2.34. The van der Waals surface area contributed by atoms with Gasteiger partial charge < -0.3 is 9.88 Å². The number of imidazole rings is 1. The normalized spacial score (nSPS) is 16.1. The van der Waals surface area contributed by atoms with E-state index in [1.54, 1.807) is 0 Å². The summed E-state index contributed by atoms with van der Waals surface area (Å²) in [6.07, 6.45) is 4.26. The second-order valence-electron chi connectivity index (χ2n) is 2.68. The molecule has 1 N–H and O–H groups in total. The highest BCUT2D eigenvalue weighted by atomic mass is 15.1.